The van der Waals surface area contributed by atoms with Crippen LogP contribution in [0.4, 0.5) is 0 Å². The lowest BCUT2D eigenvalue weighted by atomic mass is 10.1. The van der Waals surface area contributed by atoms with Crippen molar-refractivity contribution in [3.05, 3.63) is 0 Å². The lowest BCUT2D eigenvalue weighted by Gasteiger charge is -2.23. The molecule has 0 aromatic heterocycles. The molecule has 0 aliphatic heterocycles. The number of hydrazine groups is 1. The van der Waals surface area contributed by atoms with Crippen molar-refractivity contribution >= 4 is 5.91 Å². The van der Waals surface area contributed by atoms with E-state index in [4.69, 9.17) is 5.84 Å². The Morgan fingerprint density at radius 3 is 2.62 bits per heavy atom. The number of unbranched alkanes of at least 4 members (excludes halogenated alkanes) is 2. The van der Waals surface area contributed by atoms with E-state index in [0.29, 0.717) is 6.42 Å². The van der Waals surface area contributed by atoms with E-state index in [1.807, 2.05) is 0 Å². The standard InChI is InChI=1S/C12H25N3O/c1-15(11-7-4-5-8-11)10-6-2-3-9-12(16)14-13/h11H,2-10,13H2,1H3,(H,14,16). The molecule has 1 rings (SSSR count). The Morgan fingerprint density at radius 1 is 1.31 bits per heavy atom. The molecule has 1 amide bonds. The molecular weight excluding hydrogens is 202 g/mol. The van der Waals surface area contributed by atoms with Crippen molar-refractivity contribution in [2.45, 2.75) is 57.4 Å². The Hall–Kier alpha value is -0.610. The van der Waals surface area contributed by atoms with E-state index in [1.54, 1.807) is 0 Å². The second-order valence-electron chi connectivity index (χ2n) is 4.80. The minimum atomic E-state index is -0.0517. The first-order chi connectivity index (χ1) is 7.74. The number of nitrogens with two attached hydrogens (primary N) is 1. The molecule has 3 N–H and O–H groups in total. The first-order valence-electron chi connectivity index (χ1n) is 6.43. The number of amides is 1. The van der Waals surface area contributed by atoms with Gasteiger partial charge in [-0.05, 0) is 39.3 Å². The van der Waals surface area contributed by atoms with E-state index in [0.717, 1.165) is 25.4 Å². The van der Waals surface area contributed by atoms with Crippen molar-refractivity contribution in [1.82, 2.24) is 10.3 Å². The molecule has 4 heteroatoms. The van der Waals surface area contributed by atoms with Crippen LogP contribution in [0.1, 0.15) is 51.4 Å². The van der Waals surface area contributed by atoms with Gasteiger partial charge < -0.3 is 4.90 Å². The summed E-state index contributed by atoms with van der Waals surface area (Å²) < 4.78 is 0. The molecule has 0 unspecified atom stereocenters. The van der Waals surface area contributed by atoms with Gasteiger partial charge in [0.1, 0.15) is 0 Å². The molecular formula is C12H25N3O. The van der Waals surface area contributed by atoms with Crippen molar-refractivity contribution < 1.29 is 4.79 Å². The molecule has 1 aliphatic carbocycles. The molecule has 1 fully saturated rings. The lowest BCUT2D eigenvalue weighted by molar-refractivity contribution is -0.121. The zero-order valence-corrected chi connectivity index (χ0v) is 10.4. The van der Waals surface area contributed by atoms with Crippen LogP contribution >= 0.6 is 0 Å². The molecule has 0 aromatic carbocycles. The summed E-state index contributed by atoms with van der Waals surface area (Å²) in [5, 5.41) is 0. The number of rotatable bonds is 7. The first kappa shape index (κ1) is 13.5. The molecule has 0 heterocycles. The highest BCUT2D eigenvalue weighted by Gasteiger charge is 2.18. The average molecular weight is 227 g/mol. The number of hydrogen-bond donors (Lipinski definition) is 2. The maximum Gasteiger partial charge on any atom is 0.233 e. The molecule has 0 radical (unpaired) electrons. The molecule has 0 aromatic rings. The third-order valence-electron chi connectivity index (χ3n) is 3.52. The van der Waals surface area contributed by atoms with Crippen LogP contribution in [-0.4, -0.2) is 30.4 Å². The van der Waals surface area contributed by atoms with Gasteiger partial charge in [0.2, 0.25) is 5.91 Å². The van der Waals surface area contributed by atoms with E-state index in [2.05, 4.69) is 17.4 Å². The predicted octanol–water partition coefficient (Wildman–Crippen LogP) is 1.41. The molecule has 16 heavy (non-hydrogen) atoms. The van der Waals surface area contributed by atoms with Gasteiger partial charge in [-0.25, -0.2) is 5.84 Å². The third-order valence-corrected chi connectivity index (χ3v) is 3.52. The predicted molar refractivity (Wildman–Crippen MR) is 65.7 cm³/mol. The zero-order valence-electron chi connectivity index (χ0n) is 10.4. The van der Waals surface area contributed by atoms with E-state index >= 15 is 0 Å². The second kappa shape index (κ2) is 7.63. The van der Waals surface area contributed by atoms with Crippen LogP contribution in [0.15, 0.2) is 0 Å². The minimum absolute atomic E-state index is 0.0517. The molecule has 0 saturated heterocycles. The summed E-state index contributed by atoms with van der Waals surface area (Å²) >= 11 is 0. The maximum absolute atomic E-state index is 10.9. The average Bonchev–Trinajstić information content (AvgIpc) is 2.81. The van der Waals surface area contributed by atoms with Gasteiger partial charge in [-0.15, -0.1) is 0 Å². The Balaban J connectivity index is 1.95. The van der Waals surface area contributed by atoms with Crippen molar-refractivity contribution in [3.8, 4) is 0 Å². The molecule has 1 aliphatic rings. The summed E-state index contributed by atoms with van der Waals surface area (Å²) in [4.78, 5) is 13.4. The van der Waals surface area contributed by atoms with E-state index < -0.39 is 0 Å². The first-order valence-corrected chi connectivity index (χ1v) is 6.43. The Bertz CT molecular complexity index is 202. The monoisotopic (exact) mass is 227 g/mol. The summed E-state index contributed by atoms with van der Waals surface area (Å²) in [6.07, 6.45) is 9.33. The van der Waals surface area contributed by atoms with Crippen LogP contribution in [0.2, 0.25) is 0 Å². The van der Waals surface area contributed by atoms with Crippen LogP contribution in [0.5, 0.6) is 0 Å². The van der Waals surface area contributed by atoms with Crippen molar-refractivity contribution in [2.75, 3.05) is 13.6 Å². The fourth-order valence-electron chi connectivity index (χ4n) is 2.42. The quantitative estimate of drug-likeness (QED) is 0.299. The van der Waals surface area contributed by atoms with Crippen molar-refractivity contribution in [3.63, 3.8) is 0 Å². The van der Waals surface area contributed by atoms with Crippen LogP contribution in [0, 0.1) is 0 Å². The van der Waals surface area contributed by atoms with Gasteiger partial charge in [-0.1, -0.05) is 19.3 Å². The summed E-state index contributed by atoms with van der Waals surface area (Å²) in [6, 6.07) is 0.812. The van der Waals surface area contributed by atoms with Gasteiger partial charge in [0.05, 0.1) is 0 Å². The fraction of sp³-hybridized carbons (Fsp3) is 0.917. The summed E-state index contributed by atoms with van der Waals surface area (Å²) in [6.45, 7) is 1.16. The van der Waals surface area contributed by atoms with Crippen molar-refractivity contribution in [1.29, 1.82) is 0 Å². The van der Waals surface area contributed by atoms with E-state index in [-0.39, 0.29) is 5.91 Å². The highest BCUT2D eigenvalue weighted by atomic mass is 16.2. The second-order valence-corrected chi connectivity index (χ2v) is 4.80. The normalized spacial score (nSPS) is 16.9. The maximum atomic E-state index is 10.9. The summed E-state index contributed by atoms with van der Waals surface area (Å²) in [7, 11) is 2.22. The minimum Gasteiger partial charge on any atom is -0.303 e. The van der Waals surface area contributed by atoms with Crippen LogP contribution < -0.4 is 11.3 Å². The number of nitrogens with one attached hydrogen (secondary N) is 1. The Kier molecular flexibility index (Phi) is 6.42. The number of carbonyl (C=O) groups is 1. The fourth-order valence-corrected chi connectivity index (χ4v) is 2.42. The highest BCUT2D eigenvalue weighted by molar-refractivity contribution is 5.74. The topological polar surface area (TPSA) is 58.4 Å². The Morgan fingerprint density at radius 2 is 2.00 bits per heavy atom. The molecule has 0 spiro atoms. The number of carbonyl (C=O) groups excluding carboxylic acids is 1. The van der Waals surface area contributed by atoms with Gasteiger partial charge in [-0.2, -0.15) is 0 Å². The van der Waals surface area contributed by atoms with Crippen LogP contribution in [0.25, 0.3) is 0 Å². The van der Waals surface area contributed by atoms with Gasteiger partial charge >= 0.3 is 0 Å². The van der Waals surface area contributed by atoms with Gasteiger partial charge in [0, 0.05) is 12.5 Å². The highest BCUT2D eigenvalue weighted by Crippen LogP contribution is 2.22. The third kappa shape index (κ3) is 4.94. The van der Waals surface area contributed by atoms with Gasteiger partial charge in [0.25, 0.3) is 0 Å². The van der Waals surface area contributed by atoms with E-state index in [1.165, 1.54) is 32.1 Å². The number of hydrogen-bond acceptors (Lipinski definition) is 3. The van der Waals surface area contributed by atoms with Crippen LogP contribution in [0.3, 0.4) is 0 Å². The molecule has 1 saturated carbocycles. The summed E-state index contributed by atoms with van der Waals surface area (Å²) in [5.74, 6) is 4.96. The van der Waals surface area contributed by atoms with Gasteiger partial charge in [-0.3, -0.25) is 10.2 Å². The molecule has 0 bridgehead atoms. The zero-order chi connectivity index (χ0) is 11.8. The Labute approximate surface area is 98.5 Å². The molecule has 4 nitrogen and oxygen atoms in total. The lowest BCUT2D eigenvalue weighted by Crippen LogP contribution is -2.30. The molecule has 0 atom stereocenters. The van der Waals surface area contributed by atoms with Gasteiger partial charge in [0.15, 0.2) is 0 Å². The number of nitrogens with zero attached hydrogens (tertiary/aromatic N) is 1. The SMILES string of the molecule is CN(CCCCCC(=O)NN)C1CCCC1. The van der Waals surface area contributed by atoms with Crippen molar-refractivity contribution in [2.24, 2.45) is 5.84 Å². The molecule has 94 valence electrons. The van der Waals surface area contributed by atoms with E-state index in [9.17, 15) is 4.79 Å². The smallest absolute Gasteiger partial charge is 0.233 e. The summed E-state index contributed by atoms with van der Waals surface area (Å²) in [5.41, 5.74) is 2.16. The largest absolute Gasteiger partial charge is 0.303 e. The van der Waals surface area contributed by atoms with Crippen LogP contribution in [-0.2, 0) is 4.79 Å².